The zero-order valence-electron chi connectivity index (χ0n) is 9.25. The van der Waals surface area contributed by atoms with Crippen LogP contribution in [0.5, 0.6) is 0 Å². The summed E-state index contributed by atoms with van der Waals surface area (Å²) in [6, 6.07) is 0.518. The molecular weight excluding hydrogens is 218 g/mol. The second-order valence-corrected chi connectivity index (χ2v) is 6.67. The number of sulfone groups is 1. The van der Waals surface area contributed by atoms with Crippen LogP contribution in [0.2, 0.25) is 0 Å². The lowest BCUT2D eigenvalue weighted by Crippen LogP contribution is -2.32. The molecule has 0 bridgehead atoms. The van der Waals surface area contributed by atoms with E-state index in [9.17, 15) is 8.42 Å². The summed E-state index contributed by atoms with van der Waals surface area (Å²) in [5.41, 5.74) is 0. The average Bonchev–Trinajstić information content (AvgIpc) is 2.08. The predicted molar refractivity (Wildman–Crippen MR) is 64.8 cm³/mol. The minimum atomic E-state index is -2.79. The van der Waals surface area contributed by atoms with E-state index in [1.165, 1.54) is 6.26 Å². The van der Waals surface area contributed by atoms with E-state index < -0.39 is 9.84 Å². The standard InChI is InChI=1S/C9H21NO2S2/c1-4-9(8-13-2)10-6-5-7-14(3,11)12/h9-10H,4-8H2,1-3H3. The highest BCUT2D eigenvalue weighted by molar-refractivity contribution is 7.98. The van der Waals surface area contributed by atoms with Crippen LogP contribution >= 0.6 is 11.8 Å². The van der Waals surface area contributed by atoms with E-state index in [4.69, 9.17) is 0 Å². The number of hydrogen-bond donors (Lipinski definition) is 1. The highest BCUT2D eigenvalue weighted by atomic mass is 32.2. The van der Waals surface area contributed by atoms with Crippen molar-refractivity contribution in [1.29, 1.82) is 0 Å². The summed E-state index contributed by atoms with van der Waals surface area (Å²) in [6.07, 6.45) is 5.18. The highest BCUT2D eigenvalue weighted by Crippen LogP contribution is 2.00. The van der Waals surface area contributed by atoms with Crippen molar-refractivity contribution in [1.82, 2.24) is 5.32 Å². The fourth-order valence-corrected chi connectivity index (χ4v) is 2.59. The molecule has 86 valence electrons. The van der Waals surface area contributed by atoms with Gasteiger partial charge in [-0.05, 0) is 25.6 Å². The number of nitrogens with one attached hydrogen (secondary N) is 1. The Labute approximate surface area is 92.0 Å². The van der Waals surface area contributed by atoms with Crippen LogP contribution in [-0.2, 0) is 9.84 Å². The summed E-state index contributed by atoms with van der Waals surface area (Å²) in [5.74, 6) is 1.38. The first kappa shape index (κ1) is 14.3. The van der Waals surface area contributed by atoms with E-state index in [-0.39, 0.29) is 5.75 Å². The molecule has 0 aromatic heterocycles. The molecule has 0 spiro atoms. The molecule has 0 aromatic rings. The maximum absolute atomic E-state index is 10.8. The topological polar surface area (TPSA) is 46.2 Å². The van der Waals surface area contributed by atoms with Gasteiger partial charge < -0.3 is 5.32 Å². The summed E-state index contributed by atoms with van der Waals surface area (Å²) in [6.45, 7) is 2.94. The molecule has 0 rings (SSSR count). The molecule has 1 N–H and O–H groups in total. The zero-order chi connectivity index (χ0) is 11.0. The molecule has 0 saturated carbocycles. The first-order valence-corrected chi connectivity index (χ1v) is 8.35. The quantitative estimate of drug-likeness (QED) is 0.646. The Kier molecular flexibility index (Phi) is 7.68. The Balaban J connectivity index is 3.52. The van der Waals surface area contributed by atoms with Crippen molar-refractivity contribution in [2.24, 2.45) is 0 Å². The van der Waals surface area contributed by atoms with E-state index in [0.717, 1.165) is 18.7 Å². The van der Waals surface area contributed by atoms with E-state index in [1.807, 2.05) is 11.8 Å². The lowest BCUT2D eigenvalue weighted by atomic mass is 10.2. The van der Waals surface area contributed by atoms with Crippen molar-refractivity contribution < 1.29 is 8.42 Å². The summed E-state index contributed by atoms with van der Waals surface area (Å²) in [4.78, 5) is 0. The zero-order valence-corrected chi connectivity index (χ0v) is 10.9. The van der Waals surface area contributed by atoms with Gasteiger partial charge in [-0.25, -0.2) is 8.42 Å². The fraction of sp³-hybridized carbons (Fsp3) is 1.00. The van der Waals surface area contributed by atoms with Crippen molar-refractivity contribution in [3.63, 3.8) is 0 Å². The summed E-state index contributed by atoms with van der Waals surface area (Å²) >= 11 is 1.82. The van der Waals surface area contributed by atoms with Crippen LogP contribution in [0.1, 0.15) is 19.8 Å². The van der Waals surface area contributed by atoms with Gasteiger partial charge in [-0.1, -0.05) is 6.92 Å². The molecule has 0 heterocycles. The van der Waals surface area contributed by atoms with Gasteiger partial charge in [0.25, 0.3) is 0 Å². The van der Waals surface area contributed by atoms with Crippen molar-refractivity contribution in [3.05, 3.63) is 0 Å². The second-order valence-electron chi connectivity index (χ2n) is 3.50. The van der Waals surface area contributed by atoms with Gasteiger partial charge >= 0.3 is 0 Å². The molecule has 0 fully saturated rings. The molecule has 0 radical (unpaired) electrons. The molecule has 1 atom stereocenters. The average molecular weight is 239 g/mol. The van der Waals surface area contributed by atoms with Gasteiger partial charge in [-0.3, -0.25) is 0 Å². The summed E-state index contributed by atoms with van der Waals surface area (Å²) in [7, 11) is -2.79. The van der Waals surface area contributed by atoms with Crippen LogP contribution in [0, 0.1) is 0 Å². The molecular formula is C9H21NO2S2. The van der Waals surface area contributed by atoms with Gasteiger partial charge in [0.1, 0.15) is 9.84 Å². The van der Waals surface area contributed by atoms with Crippen molar-refractivity contribution in [2.75, 3.05) is 30.6 Å². The maximum atomic E-state index is 10.8. The summed E-state index contributed by atoms with van der Waals surface area (Å²) < 4.78 is 21.7. The molecule has 0 aliphatic heterocycles. The van der Waals surface area contributed by atoms with Crippen LogP contribution in [0.3, 0.4) is 0 Å². The Morgan fingerprint density at radius 2 is 2.07 bits per heavy atom. The number of rotatable bonds is 8. The van der Waals surface area contributed by atoms with Crippen molar-refractivity contribution in [3.8, 4) is 0 Å². The molecule has 0 amide bonds. The van der Waals surface area contributed by atoms with Gasteiger partial charge in [-0.15, -0.1) is 0 Å². The molecule has 0 aliphatic rings. The largest absolute Gasteiger partial charge is 0.313 e. The lowest BCUT2D eigenvalue weighted by Gasteiger charge is -2.15. The molecule has 5 heteroatoms. The highest BCUT2D eigenvalue weighted by Gasteiger charge is 2.05. The number of hydrogen-bond acceptors (Lipinski definition) is 4. The maximum Gasteiger partial charge on any atom is 0.147 e. The molecule has 0 aliphatic carbocycles. The third-order valence-electron chi connectivity index (χ3n) is 1.99. The Morgan fingerprint density at radius 3 is 2.50 bits per heavy atom. The normalized spacial score (nSPS) is 14.2. The molecule has 14 heavy (non-hydrogen) atoms. The van der Waals surface area contributed by atoms with Crippen LogP contribution in [0.4, 0.5) is 0 Å². The second kappa shape index (κ2) is 7.54. The Hall–Kier alpha value is 0.260. The molecule has 0 saturated heterocycles. The van der Waals surface area contributed by atoms with Crippen LogP contribution in [0.25, 0.3) is 0 Å². The van der Waals surface area contributed by atoms with Crippen LogP contribution < -0.4 is 5.32 Å². The van der Waals surface area contributed by atoms with Gasteiger partial charge in [0, 0.05) is 18.1 Å². The number of thioether (sulfide) groups is 1. The Bertz CT molecular complexity index is 227. The van der Waals surface area contributed by atoms with E-state index in [1.54, 1.807) is 0 Å². The van der Waals surface area contributed by atoms with Crippen molar-refractivity contribution >= 4 is 21.6 Å². The minimum absolute atomic E-state index is 0.287. The van der Waals surface area contributed by atoms with E-state index in [0.29, 0.717) is 12.5 Å². The monoisotopic (exact) mass is 239 g/mol. The van der Waals surface area contributed by atoms with Crippen molar-refractivity contribution in [2.45, 2.75) is 25.8 Å². The SMILES string of the molecule is CCC(CSC)NCCCS(C)(=O)=O. The third kappa shape index (κ3) is 8.84. The van der Waals surface area contributed by atoms with Crippen LogP contribution in [0.15, 0.2) is 0 Å². The first-order valence-electron chi connectivity index (χ1n) is 4.89. The lowest BCUT2D eigenvalue weighted by molar-refractivity contribution is 0.536. The van der Waals surface area contributed by atoms with E-state index in [2.05, 4.69) is 18.5 Å². The van der Waals surface area contributed by atoms with Gasteiger partial charge in [0.05, 0.1) is 5.75 Å². The first-order chi connectivity index (χ1) is 6.49. The van der Waals surface area contributed by atoms with Crippen LogP contribution in [-0.4, -0.2) is 45.0 Å². The molecule has 0 aromatic carbocycles. The van der Waals surface area contributed by atoms with Gasteiger partial charge in [-0.2, -0.15) is 11.8 Å². The van der Waals surface area contributed by atoms with Gasteiger partial charge in [0.2, 0.25) is 0 Å². The Morgan fingerprint density at radius 1 is 1.43 bits per heavy atom. The predicted octanol–water partition coefficient (Wildman–Crippen LogP) is 1.15. The molecule has 3 nitrogen and oxygen atoms in total. The van der Waals surface area contributed by atoms with E-state index >= 15 is 0 Å². The third-order valence-corrected chi connectivity index (χ3v) is 3.75. The molecule has 1 unspecified atom stereocenters. The minimum Gasteiger partial charge on any atom is -0.313 e. The fourth-order valence-electron chi connectivity index (χ4n) is 1.16. The van der Waals surface area contributed by atoms with Gasteiger partial charge in [0.15, 0.2) is 0 Å². The summed E-state index contributed by atoms with van der Waals surface area (Å²) in [5, 5.41) is 3.36. The smallest absolute Gasteiger partial charge is 0.147 e.